The molecule has 1 N–H and O–H groups in total. The van der Waals surface area contributed by atoms with Crippen molar-refractivity contribution in [2.24, 2.45) is 0 Å². The van der Waals surface area contributed by atoms with Gasteiger partial charge < -0.3 is 0 Å². The molecule has 138 valence electrons. The van der Waals surface area contributed by atoms with Crippen LogP contribution < -0.4 is 4.90 Å². The molecule has 6 nitrogen and oxygen atoms in total. The first kappa shape index (κ1) is 17.5. The average Bonchev–Trinajstić information content (AvgIpc) is 3.14. The Morgan fingerprint density at radius 1 is 0.964 bits per heavy atom. The Labute approximate surface area is 160 Å². The highest BCUT2D eigenvalue weighted by Gasteiger charge is 2.25. The second kappa shape index (κ2) is 7.40. The van der Waals surface area contributed by atoms with Crippen molar-refractivity contribution in [3.05, 3.63) is 79.0 Å². The van der Waals surface area contributed by atoms with Crippen LogP contribution in [-0.2, 0) is 4.79 Å². The van der Waals surface area contributed by atoms with Gasteiger partial charge in [0.2, 0.25) is 5.91 Å². The summed E-state index contributed by atoms with van der Waals surface area (Å²) in [6.07, 6.45) is 4.95. The van der Waals surface area contributed by atoms with E-state index in [4.69, 9.17) is 0 Å². The van der Waals surface area contributed by atoms with E-state index in [1.165, 1.54) is 24.0 Å². The average molecular weight is 373 g/mol. The number of nitrogens with zero attached hydrogens (tertiary/aromatic N) is 4. The van der Waals surface area contributed by atoms with Crippen LogP contribution in [-0.4, -0.2) is 26.1 Å². The number of hydrogen-bond acceptors (Lipinski definition) is 4. The van der Waals surface area contributed by atoms with Gasteiger partial charge in [-0.15, -0.1) is 0 Å². The first-order chi connectivity index (χ1) is 13.6. The van der Waals surface area contributed by atoms with Crippen LogP contribution in [0, 0.1) is 5.82 Å². The highest BCUT2D eigenvalue weighted by atomic mass is 19.1. The number of nitrogens with one attached hydrogen (secondary N) is 1. The number of benzene rings is 1. The molecule has 0 spiro atoms. The Morgan fingerprint density at radius 3 is 2.36 bits per heavy atom. The summed E-state index contributed by atoms with van der Waals surface area (Å²) in [5.74, 6) is 0.318. The Balaban J connectivity index is 1.95. The molecule has 0 aliphatic carbocycles. The quantitative estimate of drug-likeness (QED) is 0.577. The van der Waals surface area contributed by atoms with Gasteiger partial charge >= 0.3 is 0 Å². The molecule has 0 unspecified atom stereocenters. The van der Waals surface area contributed by atoms with Gasteiger partial charge in [-0.05, 0) is 54.1 Å². The van der Waals surface area contributed by atoms with E-state index >= 15 is 0 Å². The molecule has 0 radical (unpaired) electrons. The second-order valence-electron chi connectivity index (χ2n) is 6.08. The minimum absolute atomic E-state index is 0.230. The van der Waals surface area contributed by atoms with Gasteiger partial charge in [0, 0.05) is 31.1 Å². The van der Waals surface area contributed by atoms with Gasteiger partial charge in [0.05, 0.1) is 11.3 Å². The van der Waals surface area contributed by atoms with Crippen molar-refractivity contribution in [2.45, 2.75) is 6.92 Å². The normalized spacial score (nSPS) is 10.6. The third kappa shape index (κ3) is 3.25. The summed E-state index contributed by atoms with van der Waals surface area (Å²) in [7, 11) is 0. The number of aromatic nitrogens is 4. The molecule has 0 aliphatic rings. The summed E-state index contributed by atoms with van der Waals surface area (Å²) in [6.45, 7) is 1.46. The fraction of sp³-hybridized carbons (Fsp3) is 0.0476. The number of amides is 1. The first-order valence-corrected chi connectivity index (χ1v) is 8.61. The third-order valence-corrected chi connectivity index (χ3v) is 4.25. The van der Waals surface area contributed by atoms with Gasteiger partial charge in [-0.2, -0.15) is 5.10 Å². The number of rotatable bonds is 4. The van der Waals surface area contributed by atoms with Gasteiger partial charge in [0.15, 0.2) is 5.82 Å². The topological polar surface area (TPSA) is 74.8 Å². The van der Waals surface area contributed by atoms with E-state index in [1.54, 1.807) is 48.9 Å². The van der Waals surface area contributed by atoms with Crippen molar-refractivity contribution in [1.82, 2.24) is 20.2 Å². The molecule has 0 atom stereocenters. The summed E-state index contributed by atoms with van der Waals surface area (Å²) in [5, 5.41) is 7.41. The van der Waals surface area contributed by atoms with Crippen LogP contribution >= 0.6 is 0 Å². The smallest absolute Gasteiger partial charge is 0.230 e. The molecule has 0 bridgehead atoms. The summed E-state index contributed by atoms with van der Waals surface area (Å²) >= 11 is 0. The molecule has 0 saturated heterocycles. The van der Waals surface area contributed by atoms with Crippen molar-refractivity contribution in [3.63, 3.8) is 0 Å². The molecule has 3 heterocycles. The monoisotopic (exact) mass is 373 g/mol. The summed E-state index contributed by atoms with van der Waals surface area (Å²) in [5.41, 5.74) is 2.94. The van der Waals surface area contributed by atoms with Gasteiger partial charge in [-0.25, -0.2) is 14.3 Å². The fourth-order valence-corrected chi connectivity index (χ4v) is 3.02. The maximum absolute atomic E-state index is 13.4. The lowest BCUT2D eigenvalue weighted by Gasteiger charge is -2.19. The minimum Gasteiger partial charge on any atom is -0.275 e. The number of hydrogen-bond donors (Lipinski definition) is 1. The molecule has 4 rings (SSSR count). The van der Waals surface area contributed by atoms with Gasteiger partial charge in [-0.3, -0.25) is 14.9 Å². The lowest BCUT2D eigenvalue weighted by Crippen LogP contribution is -2.24. The van der Waals surface area contributed by atoms with Crippen molar-refractivity contribution in [2.75, 3.05) is 4.90 Å². The van der Waals surface area contributed by atoms with Crippen molar-refractivity contribution < 1.29 is 9.18 Å². The molecule has 4 aromatic rings. The largest absolute Gasteiger partial charge is 0.275 e. The predicted octanol–water partition coefficient (Wildman–Crippen LogP) is 4.36. The maximum atomic E-state index is 13.4. The van der Waals surface area contributed by atoms with Crippen LogP contribution in [0.25, 0.3) is 22.4 Å². The Hall–Kier alpha value is -3.87. The maximum Gasteiger partial charge on any atom is 0.230 e. The standard InChI is InChI=1S/C21H16FN5O/c1-14(28)27(18-4-2-3-11-24-18)21-19(15-9-12-23-13-10-15)20(25-26-21)16-5-7-17(22)8-6-16/h2-13H,1H3,(H,25,26). The van der Waals surface area contributed by atoms with Crippen LogP contribution in [0.4, 0.5) is 16.0 Å². The molecule has 7 heteroatoms. The van der Waals surface area contributed by atoms with E-state index in [0.29, 0.717) is 22.9 Å². The SMILES string of the molecule is CC(=O)N(c1ccccn1)c1n[nH]c(-c2ccc(F)cc2)c1-c1ccncc1. The number of pyridine rings is 2. The molecule has 28 heavy (non-hydrogen) atoms. The van der Waals surface area contributed by atoms with Gasteiger partial charge in [0.25, 0.3) is 0 Å². The molecule has 0 fully saturated rings. The zero-order chi connectivity index (χ0) is 19.5. The second-order valence-corrected chi connectivity index (χ2v) is 6.08. The van der Waals surface area contributed by atoms with Gasteiger partial charge in [0.1, 0.15) is 11.6 Å². The fourth-order valence-electron chi connectivity index (χ4n) is 3.02. The lowest BCUT2D eigenvalue weighted by molar-refractivity contribution is -0.115. The molecular formula is C21H16FN5O. The predicted molar refractivity (Wildman–Crippen MR) is 104 cm³/mol. The third-order valence-electron chi connectivity index (χ3n) is 4.25. The van der Waals surface area contributed by atoms with Crippen LogP contribution in [0.2, 0.25) is 0 Å². The summed E-state index contributed by atoms with van der Waals surface area (Å²) in [6, 6.07) is 15.1. The first-order valence-electron chi connectivity index (χ1n) is 8.61. The lowest BCUT2D eigenvalue weighted by atomic mass is 10.0. The van der Waals surface area contributed by atoms with Crippen molar-refractivity contribution in [3.8, 4) is 22.4 Å². The number of carbonyl (C=O) groups excluding carboxylic acids is 1. The molecule has 0 saturated carbocycles. The molecule has 1 aromatic carbocycles. The number of carbonyl (C=O) groups is 1. The Bertz CT molecular complexity index is 1090. The van der Waals surface area contributed by atoms with E-state index in [1.807, 2.05) is 12.1 Å². The highest BCUT2D eigenvalue weighted by molar-refractivity contribution is 6.03. The minimum atomic E-state index is -0.326. The Kier molecular flexibility index (Phi) is 4.63. The summed E-state index contributed by atoms with van der Waals surface area (Å²) < 4.78 is 13.4. The molecule has 0 aliphatic heterocycles. The number of H-pyrrole nitrogens is 1. The van der Waals surface area contributed by atoms with E-state index < -0.39 is 0 Å². The molecular weight excluding hydrogens is 357 g/mol. The zero-order valence-corrected chi connectivity index (χ0v) is 15.0. The van der Waals surface area contributed by atoms with Crippen molar-refractivity contribution >= 4 is 17.5 Å². The molecule has 3 aromatic heterocycles. The van der Waals surface area contributed by atoms with E-state index in [9.17, 15) is 9.18 Å². The Morgan fingerprint density at radius 2 is 1.71 bits per heavy atom. The highest BCUT2D eigenvalue weighted by Crippen LogP contribution is 2.39. The number of aromatic amines is 1. The zero-order valence-electron chi connectivity index (χ0n) is 15.0. The molecule has 1 amide bonds. The van der Waals surface area contributed by atoms with Gasteiger partial charge in [-0.1, -0.05) is 6.07 Å². The van der Waals surface area contributed by atoms with Crippen LogP contribution in [0.1, 0.15) is 6.92 Å². The summed E-state index contributed by atoms with van der Waals surface area (Å²) in [4.78, 5) is 22.3. The number of anilines is 2. The van der Waals surface area contributed by atoms with Crippen LogP contribution in [0.3, 0.4) is 0 Å². The number of halogens is 1. The van der Waals surface area contributed by atoms with Crippen LogP contribution in [0.15, 0.2) is 73.2 Å². The van der Waals surface area contributed by atoms with Crippen molar-refractivity contribution in [1.29, 1.82) is 0 Å². The van der Waals surface area contributed by atoms with E-state index in [0.717, 1.165) is 11.1 Å². The van der Waals surface area contributed by atoms with E-state index in [2.05, 4.69) is 20.2 Å². The van der Waals surface area contributed by atoms with E-state index in [-0.39, 0.29) is 11.7 Å². The van der Waals surface area contributed by atoms with Crippen LogP contribution in [0.5, 0.6) is 0 Å².